The molecule has 1 aliphatic heterocycles. The Bertz CT molecular complexity index is 399. The van der Waals surface area contributed by atoms with Crippen LogP contribution in [0.15, 0.2) is 36.6 Å². The lowest BCUT2D eigenvalue weighted by Crippen LogP contribution is -2.23. The molecule has 4 heteroatoms. The Morgan fingerprint density at radius 2 is 2.11 bits per heavy atom. The van der Waals surface area contributed by atoms with E-state index in [1.165, 1.54) is 0 Å². The molecule has 0 aliphatic carbocycles. The Balaban J connectivity index is 1.64. The van der Waals surface area contributed by atoms with E-state index in [0.717, 1.165) is 17.7 Å². The molecule has 1 N–H and O–H groups in total. The first-order chi connectivity index (χ1) is 9.28. The van der Waals surface area contributed by atoms with Gasteiger partial charge in [-0.3, -0.25) is 0 Å². The number of rotatable bonds is 6. The van der Waals surface area contributed by atoms with Crippen LogP contribution in [0.5, 0.6) is 5.75 Å². The average Bonchev–Trinajstić information content (AvgIpc) is 2.44. The van der Waals surface area contributed by atoms with Gasteiger partial charge in [0, 0.05) is 12.8 Å². The van der Waals surface area contributed by atoms with Crippen LogP contribution in [-0.2, 0) is 16.1 Å². The maximum absolute atomic E-state index is 9.44. The maximum Gasteiger partial charge on any atom is 0.118 e. The molecule has 0 radical (unpaired) electrons. The van der Waals surface area contributed by atoms with E-state index in [2.05, 4.69) is 0 Å². The van der Waals surface area contributed by atoms with Gasteiger partial charge in [0.05, 0.1) is 32.7 Å². The van der Waals surface area contributed by atoms with Gasteiger partial charge >= 0.3 is 0 Å². The summed E-state index contributed by atoms with van der Waals surface area (Å²) in [6.45, 7) is 1.20. The summed E-state index contributed by atoms with van der Waals surface area (Å²) in [7, 11) is 1.65. The highest BCUT2D eigenvalue weighted by Crippen LogP contribution is 2.15. The zero-order valence-electron chi connectivity index (χ0n) is 11.1. The summed E-state index contributed by atoms with van der Waals surface area (Å²) in [5.74, 6) is 0.847. The molecule has 0 fully saturated rings. The third-order valence-corrected chi connectivity index (χ3v) is 3.09. The first-order valence-electron chi connectivity index (χ1n) is 6.49. The van der Waals surface area contributed by atoms with Crippen molar-refractivity contribution < 1.29 is 19.3 Å². The van der Waals surface area contributed by atoms with Crippen molar-refractivity contribution in [3.8, 4) is 5.75 Å². The summed E-state index contributed by atoms with van der Waals surface area (Å²) in [5.41, 5.74) is 1.12. The van der Waals surface area contributed by atoms with E-state index in [9.17, 15) is 5.11 Å². The summed E-state index contributed by atoms with van der Waals surface area (Å²) < 4.78 is 16.1. The largest absolute Gasteiger partial charge is 0.498 e. The van der Waals surface area contributed by atoms with Crippen molar-refractivity contribution in [3.63, 3.8) is 0 Å². The molecule has 0 bridgehead atoms. The van der Waals surface area contributed by atoms with Gasteiger partial charge in [-0.15, -0.1) is 0 Å². The molecule has 1 heterocycles. The quantitative estimate of drug-likeness (QED) is 0.801. The van der Waals surface area contributed by atoms with Crippen LogP contribution < -0.4 is 4.74 Å². The summed E-state index contributed by atoms with van der Waals surface area (Å²) in [6, 6.07) is 7.82. The second-order valence-electron chi connectivity index (χ2n) is 4.58. The van der Waals surface area contributed by atoms with E-state index in [0.29, 0.717) is 19.6 Å². The SMILES string of the molecule is COc1ccc(COCC[C@@H]2C[C@H](O)C=CO2)cc1. The van der Waals surface area contributed by atoms with Gasteiger partial charge in [0.1, 0.15) is 11.9 Å². The molecule has 0 saturated carbocycles. The molecule has 0 saturated heterocycles. The third kappa shape index (κ3) is 4.58. The highest BCUT2D eigenvalue weighted by atomic mass is 16.5. The van der Waals surface area contributed by atoms with Gasteiger partial charge in [0.15, 0.2) is 0 Å². The van der Waals surface area contributed by atoms with Crippen LogP contribution in [0.3, 0.4) is 0 Å². The van der Waals surface area contributed by atoms with Gasteiger partial charge < -0.3 is 19.3 Å². The van der Waals surface area contributed by atoms with Crippen molar-refractivity contribution in [2.24, 2.45) is 0 Å². The van der Waals surface area contributed by atoms with Crippen LogP contribution in [-0.4, -0.2) is 31.0 Å². The number of ether oxygens (including phenoxy) is 3. The van der Waals surface area contributed by atoms with Crippen LogP contribution in [0, 0.1) is 0 Å². The summed E-state index contributed by atoms with van der Waals surface area (Å²) in [6.07, 6.45) is 4.33. The molecular formula is C15H20O4. The van der Waals surface area contributed by atoms with Crippen molar-refractivity contribution in [1.82, 2.24) is 0 Å². The molecule has 19 heavy (non-hydrogen) atoms. The molecule has 1 aromatic rings. The van der Waals surface area contributed by atoms with Crippen molar-refractivity contribution in [1.29, 1.82) is 0 Å². The summed E-state index contributed by atoms with van der Waals surface area (Å²) >= 11 is 0. The van der Waals surface area contributed by atoms with Gasteiger partial charge in [-0.25, -0.2) is 0 Å². The van der Waals surface area contributed by atoms with Crippen molar-refractivity contribution >= 4 is 0 Å². The summed E-state index contributed by atoms with van der Waals surface area (Å²) in [4.78, 5) is 0. The molecule has 2 rings (SSSR count). The molecule has 1 aliphatic rings. The van der Waals surface area contributed by atoms with Gasteiger partial charge in [0.25, 0.3) is 0 Å². The van der Waals surface area contributed by atoms with Gasteiger partial charge in [0.2, 0.25) is 0 Å². The van der Waals surface area contributed by atoms with E-state index in [-0.39, 0.29) is 12.2 Å². The van der Waals surface area contributed by atoms with Gasteiger partial charge in [-0.05, 0) is 23.8 Å². The fraction of sp³-hybridized carbons (Fsp3) is 0.467. The molecule has 2 atom stereocenters. The Hall–Kier alpha value is -1.52. The molecule has 1 aromatic carbocycles. The van der Waals surface area contributed by atoms with Crippen LogP contribution in [0.25, 0.3) is 0 Å². The molecule has 0 unspecified atom stereocenters. The number of hydrogen-bond acceptors (Lipinski definition) is 4. The lowest BCUT2D eigenvalue weighted by atomic mass is 10.1. The maximum atomic E-state index is 9.44. The van der Waals surface area contributed by atoms with Crippen LogP contribution in [0.2, 0.25) is 0 Å². The number of methoxy groups -OCH3 is 1. The Kier molecular flexibility index (Phi) is 5.24. The smallest absolute Gasteiger partial charge is 0.118 e. The zero-order chi connectivity index (χ0) is 13.5. The molecule has 0 amide bonds. The van der Waals surface area contributed by atoms with Crippen molar-refractivity contribution in [3.05, 3.63) is 42.2 Å². The molecule has 104 valence electrons. The topological polar surface area (TPSA) is 47.9 Å². The minimum atomic E-state index is -0.389. The molecule has 0 spiro atoms. The minimum Gasteiger partial charge on any atom is -0.498 e. The zero-order valence-corrected chi connectivity index (χ0v) is 11.1. The number of benzene rings is 1. The van der Waals surface area contributed by atoms with Crippen LogP contribution in [0.1, 0.15) is 18.4 Å². The number of aliphatic hydroxyl groups is 1. The van der Waals surface area contributed by atoms with E-state index in [1.54, 1.807) is 19.4 Å². The van der Waals surface area contributed by atoms with Crippen LogP contribution >= 0.6 is 0 Å². The fourth-order valence-corrected chi connectivity index (χ4v) is 1.96. The lowest BCUT2D eigenvalue weighted by molar-refractivity contribution is 0.0285. The first kappa shape index (κ1) is 13.9. The Labute approximate surface area is 113 Å². The number of hydrogen-bond donors (Lipinski definition) is 1. The van der Waals surface area contributed by atoms with E-state index >= 15 is 0 Å². The Morgan fingerprint density at radius 3 is 2.79 bits per heavy atom. The molecular weight excluding hydrogens is 244 g/mol. The fourth-order valence-electron chi connectivity index (χ4n) is 1.96. The predicted octanol–water partition coefficient (Wildman–Crippen LogP) is 2.27. The summed E-state index contributed by atoms with van der Waals surface area (Å²) in [5, 5.41) is 9.44. The second-order valence-corrected chi connectivity index (χ2v) is 4.58. The van der Waals surface area contributed by atoms with E-state index in [4.69, 9.17) is 14.2 Å². The van der Waals surface area contributed by atoms with Crippen LogP contribution in [0.4, 0.5) is 0 Å². The monoisotopic (exact) mass is 264 g/mol. The van der Waals surface area contributed by atoms with Crippen molar-refractivity contribution in [2.45, 2.75) is 31.7 Å². The molecule has 0 aromatic heterocycles. The second kappa shape index (κ2) is 7.16. The lowest BCUT2D eigenvalue weighted by Gasteiger charge is -2.22. The average molecular weight is 264 g/mol. The van der Waals surface area contributed by atoms with Crippen molar-refractivity contribution in [2.75, 3.05) is 13.7 Å². The highest BCUT2D eigenvalue weighted by Gasteiger charge is 2.16. The Morgan fingerprint density at radius 1 is 1.32 bits per heavy atom. The highest BCUT2D eigenvalue weighted by molar-refractivity contribution is 5.26. The van der Waals surface area contributed by atoms with Gasteiger partial charge in [-0.1, -0.05) is 12.1 Å². The van der Waals surface area contributed by atoms with E-state index in [1.807, 2.05) is 24.3 Å². The first-order valence-corrected chi connectivity index (χ1v) is 6.49. The normalized spacial score (nSPS) is 22.0. The standard InChI is InChI=1S/C15H20O4/c1-17-14-4-2-12(3-5-14)11-18-8-7-15-10-13(16)6-9-19-15/h2-6,9,13,15-16H,7-8,10-11H2,1H3/t13-,15-/m1/s1. The van der Waals surface area contributed by atoms with Gasteiger partial charge in [-0.2, -0.15) is 0 Å². The minimum absolute atomic E-state index is 0.0517. The molecule has 4 nitrogen and oxygen atoms in total. The predicted molar refractivity (Wildman–Crippen MR) is 71.9 cm³/mol. The van der Waals surface area contributed by atoms with E-state index < -0.39 is 0 Å². The third-order valence-electron chi connectivity index (χ3n) is 3.09. The number of aliphatic hydroxyl groups excluding tert-OH is 1.